The fraction of sp³-hybridized carbons (Fsp3) is 0.143. The number of thioether (sulfide) groups is 1. The van der Waals surface area contributed by atoms with Crippen LogP contribution in [0, 0.1) is 0 Å². The van der Waals surface area contributed by atoms with E-state index in [0.29, 0.717) is 16.1 Å². The van der Waals surface area contributed by atoms with Crippen LogP contribution in [0.25, 0.3) is 0 Å². The van der Waals surface area contributed by atoms with E-state index in [-0.39, 0.29) is 0 Å². The zero-order chi connectivity index (χ0) is 12.5. The summed E-state index contributed by atoms with van der Waals surface area (Å²) in [6.07, 6.45) is 0. The molecule has 92 valence electrons. The largest absolute Gasteiger partial charge is 0.377 e. The average Bonchev–Trinajstić information content (AvgIpc) is 2.72. The molecule has 1 atom stereocenters. The van der Waals surface area contributed by atoms with E-state index in [0.717, 1.165) is 11.4 Å². The van der Waals surface area contributed by atoms with Gasteiger partial charge >= 0.3 is 0 Å². The Labute approximate surface area is 120 Å². The first-order valence-corrected chi connectivity index (χ1v) is 7.41. The molecular weight excluding hydrogens is 285 g/mol. The standard InChI is InChI=1S/C14H11Cl2NS/c15-9-5-10(16)7-11(6-9)17-13-8-18-14-4-2-1-3-12(13)14/h1-7,13,17H,8H2. The summed E-state index contributed by atoms with van der Waals surface area (Å²) in [6, 6.07) is 14.3. The van der Waals surface area contributed by atoms with Gasteiger partial charge in [0.1, 0.15) is 0 Å². The van der Waals surface area contributed by atoms with Crippen molar-refractivity contribution >= 4 is 40.7 Å². The summed E-state index contributed by atoms with van der Waals surface area (Å²) in [6.45, 7) is 0. The maximum absolute atomic E-state index is 6.01. The molecule has 3 rings (SSSR count). The Morgan fingerprint density at radius 2 is 1.78 bits per heavy atom. The van der Waals surface area contributed by atoms with Crippen molar-refractivity contribution in [1.82, 2.24) is 0 Å². The van der Waals surface area contributed by atoms with Crippen molar-refractivity contribution in [3.05, 3.63) is 58.1 Å². The first kappa shape index (κ1) is 12.2. The monoisotopic (exact) mass is 295 g/mol. The fourth-order valence-electron chi connectivity index (χ4n) is 2.12. The van der Waals surface area contributed by atoms with Crippen molar-refractivity contribution in [3.8, 4) is 0 Å². The Bertz CT molecular complexity index is 566. The molecule has 0 aromatic heterocycles. The highest BCUT2D eigenvalue weighted by Gasteiger charge is 2.22. The van der Waals surface area contributed by atoms with Gasteiger partial charge in [-0.1, -0.05) is 41.4 Å². The van der Waals surface area contributed by atoms with Crippen LogP contribution in [-0.2, 0) is 0 Å². The molecule has 4 heteroatoms. The number of halogens is 2. The average molecular weight is 296 g/mol. The number of nitrogens with one attached hydrogen (secondary N) is 1. The summed E-state index contributed by atoms with van der Waals surface area (Å²) in [4.78, 5) is 1.35. The van der Waals surface area contributed by atoms with E-state index in [1.54, 1.807) is 6.07 Å². The molecule has 0 fully saturated rings. The molecule has 1 aliphatic rings. The van der Waals surface area contributed by atoms with Crippen LogP contribution in [0.2, 0.25) is 10.0 Å². The van der Waals surface area contributed by atoms with Crippen LogP contribution in [0.1, 0.15) is 11.6 Å². The maximum Gasteiger partial charge on any atom is 0.0618 e. The van der Waals surface area contributed by atoms with E-state index in [9.17, 15) is 0 Å². The molecular formula is C14H11Cl2NS. The molecule has 1 heterocycles. The van der Waals surface area contributed by atoms with Gasteiger partial charge in [0.25, 0.3) is 0 Å². The van der Waals surface area contributed by atoms with E-state index in [1.807, 2.05) is 23.9 Å². The second kappa shape index (κ2) is 5.04. The Balaban J connectivity index is 1.86. The predicted molar refractivity (Wildman–Crippen MR) is 80.0 cm³/mol. The number of hydrogen-bond donors (Lipinski definition) is 1. The lowest BCUT2D eigenvalue weighted by atomic mass is 10.1. The fourth-order valence-corrected chi connectivity index (χ4v) is 3.81. The predicted octanol–water partition coefficient (Wildman–Crippen LogP) is 5.25. The molecule has 0 radical (unpaired) electrons. The molecule has 0 saturated carbocycles. The van der Waals surface area contributed by atoms with Crippen molar-refractivity contribution in [2.75, 3.05) is 11.1 Å². The lowest BCUT2D eigenvalue weighted by molar-refractivity contribution is 0.900. The smallest absolute Gasteiger partial charge is 0.0618 e. The van der Waals surface area contributed by atoms with Gasteiger partial charge in [0.2, 0.25) is 0 Å². The Hall–Kier alpha value is -0.830. The molecule has 1 nitrogen and oxygen atoms in total. The van der Waals surface area contributed by atoms with Gasteiger partial charge in [-0.15, -0.1) is 11.8 Å². The normalized spacial score (nSPS) is 17.6. The molecule has 2 aromatic carbocycles. The summed E-state index contributed by atoms with van der Waals surface area (Å²) >= 11 is 13.9. The van der Waals surface area contributed by atoms with Crippen LogP contribution in [0.5, 0.6) is 0 Å². The van der Waals surface area contributed by atoms with Gasteiger partial charge in [0.15, 0.2) is 0 Å². The third-order valence-corrected chi connectivity index (χ3v) is 4.52. The van der Waals surface area contributed by atoms with Crippen LogP contribution in [0.3, 0.4) is 0 Å². The Morgan fingerprint density at radius 1 is 1.06 bits per heavy atom. The summed E-state index contributed by atoms with van der Waals surface area (Å²) in [5.41, 5.74) is 2.31. The Morgan fingerprint density at radius 3 is 2.56 bits per heavy atom. The second-order valence-corrected chi connectivity index (χ2v) is 6.14. The number of benzene rings is 2. The van der Waals surface area contributed by atoms with Crippen LogP contribution in [0.15, 0.2) is 47.4 Å². The van der Waals surface area contributed by atoms with Gasteiger partial charge in [-0.25, -0.2) is 0 Å². The molecule has 0 bridgehead atoms. The molecule has 0 amide bonds. The molecule has 2 aromatic rings. The van der Waals surface area contributed by atoms with Gasteiger partial charge in [-0.2, -0.15) is 0 Å². The summed E-state index contributed by atoms with van der Waals surface area (Å²) in [5, 5.41) is 4.80. The van der Waals surface area contributed by atoms with E-state index in [4.69, 9.17) is 23.2 Å². The highest BCUT2D eigenvalue weighted by atomic mass is 35.5. The molecule has 0 saturated heterocycles. The summed E-state index contributed by atoms with van der Waals surface area (Å²) in [7, 11) is 0. The van der Waals surface area contributed by atoms with Gasteiger partial charge in [-0.05, 0) is 29.8 Å². The minimum absolute atomic E-state index is 0.320. The van der Waals surface area contributed by atoms with Crippen molar-refractivity contribution in [2.24, 2.45) is 0 Å². The van der Waals surface area contributed by atoms with Crippen LogP contribution >= 0.6 is 35.0 Å². The minimum atomic E-state index is 0.320. The quantitative estimate of drug-likeness (QED) is 0.812. The SMILES string of the molecule is Clc1cc(Cl)cc(NC2CSc3ccccc32)c1. The Kier molecular flexibility index (Phi) is 3.42. The van der Waals surface area contributed by atoms with Crippen LogP contribution in [0.4, 0.5) is 5.69 Å². The van der Waals surface area contributed by atoms with E-state index >= 15 is 0 Å². The first-order chi connectivity index (χ1) is 8.72. The van der Waals surface area contributed by atoms with Gasteiger partial charge in [0.05, 0.1) is 6.04 Å². The number of rotatable bonds is 2. The highest BCUT2D eigenvalue weighted by Crippen LogP contribution is 2.40. The van der Waals surface area contributed by atoms with Crippen molar-refractivity contribution in [3.63, 3.8) is 0 Å². The molecule has 1 unspecified atom stereocenters. The van der Waals surface area contributed by atoms with E-state index < -0.39 is 0 Å². The van der Waals surface area contributed by atoms with Gasteiger partial charge in [0, 0.05) is 26.4 Å². The topological polar surface area (TPSA) is 12.0 Å². The van der Waals surface area contributed by atoms with Gasteiger partial charge in [-0.3, -0.25) is 0 Å². The molecule has 1 N–H and O–H groups in total. The zero-order valence-electron chi connectivity index (χ0n) is 9.49. The lowest BCUT2D eigenvalue weighted by Gasteiger charge is -2.15. The third kappa shape index (κ3) is 2.46. The second-order valence-electron chi connectivity index (χ2n) is 4.20. The van der Waals surface area contributed by atoms with E-state index in [1.165, 1.54) is 10.5 Å². The maximum atomic E-state index is 6.01. The van der Waals surface area contributed by atoms with Gasteiger partial charge < -0.3 is 5.32 Å². The molecule has 0 aliphatic carbocycles. The molecule has 0 spiro atoms. The first-order valence-electron chi connectivity index (χ1n) is 5.67. The molecule has 1 aliphatic heterocycles. The number of hydrogen-bond acceptors (Lipinski definition) is 2. The zero-order valence-corrected chi connectivity index (χ0v) is 11.8. The highest BCUT2D eigenvalue weighted by molar-refractivity contribution is 7.99. The number of anilines is 1. The van der Waals surface area contributed by atoms with Crippen molar-refractivity contribution < 1.29 is 0 Å². The third-order valence-electron chi connectivity index (χ3n) is 2.90. The summed E-state index contributed by atoms with van der Waals surface area (Å²) < 4.78 is 0. The minimum Gasteiger partial charge on any atom is -0.377 e. The lowest BCUT2D eigenvalue weighted by Crippen LogP contribution is -2.09. The van der Waals surface area contributed by atoms with E-state index in [2.05, 4.69) is 29.6 Å². The summed E-state index contributed by atoms with van der Waals surface area (Å²) in [5.74, 6) is 1.03. The number of fused-ring (bicyclic) bond motifs is 1. The van der Waals surface area contributed by atoms with Crippen LogP contribution < -0.4 is 5.32 Å². The van der Waals surface area contributed by atoms with Crippen LogP contribution in [-0.4, -0.2) is 5.75 Å². The van der Waals surface area contributed by atoms with Crippen molar-refractivity contribution in [1.29, 1.82) is 0 Å². The van der Waals surface area contributed by atoms with Crippen molar-refractivity contribution in [2.45, 2.75) is 10.9 Å². The molecule has 18 heavy (non-hydrogen) atoms.